The minimum atomic E-state index is -0.317. The van der Waals surface area contributed by atoms with Crippen LogP contribution in [0.3, 0.4) is 0 Å². The maximum atomic E-state index is 9.86. The number of aliphatic hydroxyl groups excluding tert-OH is 1. The molecule has 2 atom stereocenters. The van der Waals surface area contributed by atoms with Crippen LogP contribution in [-0.2, 0) is 11.3 Å². The van der Waals surface area contributed by atoms with E-state index in [0.29, 0.717) is 24.7 Å². The summed E-state index contributed by atoms with van der Waals surface area (Å²) in [5, 5.41) is 13.9. The minimum absolute atomic E-state index is 0.0584. The van der Waals surface area contributed by atoms with E-state index in [1.165, 1.54) is 0 Å². The Morgan fingerprint density at radius 2 is 2.00 bits per heavy atom. The summed E-state index contributed by atoms with van der Waals surface area (Å²) in [6.07, 6.45) is -0.317. The van der Waals surface area contributed by atoms with Crippen LogP contribution in [0.1, 0.15) is 28.6 Å². The van der Waals surface area contributed by atoms with Gasteiger partial charge in [0.15, 0.2) is 11.5 Å². The Labute approximate surface area is 153 Å². The zero-order valence-corrected chi connectivity index (χ0v) is 15.7. The van der Waals surface area contributed by atoms with Crippen molar-refractivity contribution in [3.63, 3.8) is 0 Å². The molecule has 1 aliphatic rings. The highest BCUT2D eigenvalue weighted by Crippen LogP contribution is 2.36. The van der Waals surface area contributed by atoms with E-state index in [4.69, 9.17) is 18.7 Å². The fourth-order valence-corrected chi connectivity index (χ4v) is 3.51. The number of morpholine rings is 1. The molecule has 0 radical (unpaired) electrons. The number of aryl methyl sites for hydroxylation is 2. The van der Waals surface area contributed by atoms with Crippen LogP contribution >= 0.6 is 0 Å². The average Bonchev–Trinajstić information content (AvgIpc) is 2.99. The van der Waals surface area contributed by atoms with Gasteiger partial charge in [0.2, 0.25) is 0 Å². The van der Waals surface area contributed by atoms with E-state index in [0.717, 1.165) is 29.1 Å². The number of hydrogen-bond donors (Lipinski definition) is 1. The van der Waals surface area contributed by atoms with Crippen LogP contribution in [0.4, 0.5) is 0 Å². The van der Waals surface area contributed by atoms with Crippen molar-refractivity contribution >= 4 is 0 Å². The van der Waals surface area contributed by atoms with Crippen LogP contribution in [0, 0.1) is 13.8 Å². The van der Waals surface area contributed by atoms with Gasteiger partial charge < -0.3 is 23.8 Å². The summed E-state index contributed by atoms with van der Waals surface area (Å²) in [7, 11) is 3.23. The predicted molar refractivity (Wildman–Crippen MR) is 95.5 cm³/mol. The standard InChI is InChI=1S/C19H26N2O5/c1-12-15(13(2)26-20-12)10-21-7-8-25-18(11-22)19(21)14-5-6-16(23-3)17(9-14)24-4/h5-6,9,18-19,22H,7-8,10-11H2,1-4H3/t18-,19-/m1/s1. The third-order valence-corrected chi connectivity index (χ3v) is 4.93. The van der Waals surface area contributed by atoms with Crippen molar-refractivity contribution in [2.24, 2.45) is 0 Å². The number of nitrogens with zero attached hydrogens (tertiary/aromatic N) is 2. The maximum absolute atomic E-state index is 9.86. The lowest BCUT2D eigenvalue weighted by atomic mass is 9.97. The zero-order chi connectivity index (χ0) is 18.7. The fraction of sp³-hybridized carbons (Fsp3) is 0.526. The molecule has 1 saturated heterocycles. The Morgan fingerprint density at radius 3 is 2.62 bits per heavy atom. The lowest BCUT2D eigenvalue weighted by Crippen LogP contribution is -2.46. The molecule has 3 rings (SSSR count). The molecule has 0 spiro atoms. The van der Waals surface area contributed by atoms with E-state index < -0.39 is 0 Å². The quantitative estimate of drug-likeness (QED) is 0.844. The molecule has 0 unspecified atom stereocenters. The van der Waals surface area contributed by atoms with Crippen LogP contribution in [-0.4, -0.2) is 55.2 Å². The number of rotatable bonds is 6. The monoisotopic (exact) mass is 362 g/mol. The van der Waals surface area contributed by atoms with Crippen molar-refractivity contribution in [3.05, 3.63) is 40.8 Å². The van der Waals surface area contributed by atoms with E-state index in [1.54, 1.807) is 14.2 Å². The summed E-state index contributed by atoms with van der Waals surface area (Å²) < 4.78 is 21.9. The first-order valence-corrected chi connectivity index (χ1v) is 8.69. The van der Waals surface area contributed by atoms with Crippen molar-refractivity contribution in [1.82, 2.24) is 10.1 Å². The lowest BCUT2D eigenvalue weighted by Gasteiger charge is -2.41. The van der Waals surface area contributed by atoms with E-state index in [1.807, 2.05) is 32.0 Å². The summed E-state index contributed by atoms with van der Waals surface area (Å²) in [4.78, 5) is 2.29. The second kappa shape index (κ2) is 8.07. The van der Waals surface area contributed by atoms with Gasteiger partial charge in [-0.3, -0.25) is 4.90 Å². The minimum Gasteiger partial charge on any atom is -0.493 e. The molecule has 7 nitrogen and oxygen atoms in total. The molecule has 142 valence electrons. The smallest absolute Gasteiger partial charge is 0.161 e. The Morgan fingerprint density at radius 1 is 1.23 bits per heavy atom. The molecule has 1 aliphatic heterocycles. The summed E-state index contributed by atoms with van der Waals surface area (Å²) in [5.74, 6) is 2.15. The van der Waals surface area contributed by atoms with Gasteiger partial charge in [-0.05, 0) is 31.5 Å². The average molecular weight is 362 g/mol. The summed E-state index contributed by atoms with van der Waals surface area (Å²) in [5.41, 5.74) is 2.97. The van der Waals surface area contributed by atoms with Crippen molar-refractivity contribution in [2.45, 2.75) is 32.5 Å². The molecule has 2 heterocycles. The normalized spacial score (nSPS) is 21.0. The Kier molecular flexibility index (Phi) is 5.80. The highest BCUT2D eigenvalue weighted by atomic mass is 16.5. The Hall–Kier alpha value is -2.09. The summed E-state index contributed by atoms with van der Waals surface area (Å²) in [6.45, 7) is 5.81. The van der Waals surface area contributed by atoms with Crippen LogP contribution in [0.2, 0.25) is 0 Å². The summed E-state index contributed by atoms with van der Waals surface area (Å²) in [6, 6.07) is 5.71. The van der Waals surface area contributed by atoms with E-state index >= 15 is 0 Å². The van der Waals surface area contributed by atoms with Crippen LogP contribution in [0.15, 0.2) is 22.7 Å². The zero-order valence-electron chi connectivity index (χ0n) is 15.7. The van der Waals surface area contributed by atoms with Gasteiger partial charge in [0.1, 0.15) is 11.9 Å². The molecule has 1 N–H and O–H groups in total. The third kappa shape index (κ3) is 3.56. The van der Waals surface area contributed by atoms with Crippen molar-refractivity contribution in [1.29, 1.82) is 0 Å². The first-order chi connectivity index (χ1) is 12.6. The number of hydrogen-bond acceptors (Lipinski definition) is 7. The van der Waals surface area contributed by atoms with Crippen molar-refractivity contribution < 1.29 is 23.8 Å². The van der Waals surface area contributed by atoms with Gasteiger partial charge in [-0.25, -0.2) is 0 Å². The Bertz CT molecular complexity index is 726. The van der Waals surface area contributed by atoms with Gasteiger partial charge in [0.25, 0.3) is 0 Å². The molecule has 1 aromatic heterocycles. The molecule has 1 fully saturated rings. The molecule has 0 aliphatic carbocycles. The van der Waals surface area contributed by atoms with E-state index in [2.05, 4.69) is 10.1 Å². The van der Waals surface area contributed by atoms with Crippen LogP contribution < -0.4 is 9.47 Å². The molecular weight excluding hydrogens is 336 g/mol. The van der Waals surface area contributed by atoms with Gasteiger partial charge in [0.05, 0.1) is 39.2 Å². The van der Waals surface area contributed by atoms with Gasteiger partial charge in [-0.15, -0.1) is 0 Å². The Balaban J connectivity index is 1.95. The number of benzene rings is 1. The SMILES string of the molecule is COc1ccc([C@@H]2[C@@H](CO)OCCN2Cc2c(C)noc2C)cc1OC. The maximum Gasteiger partial charge on any atom is 0.161 e. The molecule has 0 bridgehead atoms. The van der Waals surface area contributed by atoms with Gasteiger partial charge in [-0.1, -0.05) is 11.2 Å². The number of ether oxygens (including phenoxy) is 3. The third-order valence-electron chi connectivity index (χ3n) is 4.93. The highest BCUT2D eigenvalue weighted by Gasteiger charge is 2.34. The fourth-order valence-electron chi connectivity index (χ4n) is 3.51. The number of aromatic nitrogens is 1. The van der Waals surface area contributed by atoms with Crippen molar-refractivity contribution in [2.75, 3.05) is 34.0 Å². The van der Waals surface area contributed by atoms with Crippen LogP contribution in [0.25, 0.3) is 0 Å². The number of aliphatic hydroxyl groups is 1. The van der Waals surface area contributed by atoms with Gasteiger partial charge in [-0.2, -0.15) is 0 Å². The number of methoxy groups -OCH3 is 2. The predicted octanol–water partition coefficient (Wildman–Crippen LogP) is 2.24. The van der Waals surface area contributed by atoms with Gasteiger partial charge in [0, 0.05) is 18.7 Å². The largest absolute Gasteiger partial charge is 0.493 e. The topological polar surface area (TPSA) is 77.2 Å². The molecule has 2 aromatic rings. The molecule has 0 saturated carbocycles. The second-order valence-corrected chi connectivity index (χ2v) is 6.42. The molecule has 7 heteroatoms. The first-order valence-electron chi connectivity index (χ1n) is 8.69. The molecule has 26 heavy (non-hydrogen) atoms. The first kappa shape index (κ1) is 18.7. The van der Waals surface area contributed by atoms with E-state index in [-0.39, 0.29) is 18.8 Å². The molecular formula is C19H26N2O5. The van der Waals surface area contributed by atoms with Gasteiger partial charge >= 0.3 is 0 Å². The highest BCUT2D eigenvalue weighted by molar-refractivity contribution is 5.44. The van der Waals surface area contributed by atoms with Crippen molar-refractivity contribution in [3.8, 4) is 11.5 Å². The molecule has 1 aromatic carbocycles. The molecule has 0 amide bonds. The lowest BCUT2D eigenvalue weighted by molar-refractivity contribution is -0.0962. The summed E-state index contributed by atoms with van der Waals surface area (Å²) >= 11 is 0. The van der Waals surface area contributed by atoms with Crippen LogP contribution in [0.5, 0.6) is 11.5 Å². The van der Waals surface area contributed by atoms with E-state index in [9.17, 15) is 5.11 Å². The second-order valence-electron chi connectivity index (χ2n) is 6.42.